The number of hydrogen-bond acceptors (Lipinski definition) is 4. The third-order valence-corrected chi connectivity index (χ3v) is 2.94. The van der Waals surface area contributed by atoms with Crippen molar-refractivity contribution in [3.8, 4) is 0 Å². The van der Waals surface area contributed by atoms with Gasteiger partial charge in [0.1, 0.15) is 0 Å². The molecule has 0 saturated carbocycles. The Hall–Kier alpha value is -2.10. The number of rotatable bonds is 4. The van der Waals surface area contributed by atoms with Crippen LogP contribution in [0.1, 0.15) is 22.3 Å². The summed E-state index contributed by atoms with van der Waals surface area (Å²) < 4.78 is 80.6. The van der Waals surface area contributed by atoms with Crippen molar-refractivity contribution in [2.45, 2.75) is 24.4 Å². The second kappa shape index (κ2) is 6.19. The average molecular weight is 344 g/mol. The fraction of sp³-hybridized carbons (Fsp3) is 0.385. The second-order valence-corrected chi connectivity index (χ2v) is 4.49. The molecule has 0 saturated heterocycles. The zero-order valence-electron chi connectivity index (χ0n) is 11.5. The van der Waals surface area contributed by atoms with Crippen molar-refractivity contribution in [2.75, 3.05) is 7.11 Å². The van der Waals surface area contributed by atoms with Crippen LogP contribution in [0.3, 0.4) is 0 Å². The molecule has 1 N–H and O–H groups in total. The summed E-state index contributed by atoms with van der Waals surface area (Å²) in [6.45, 7) is 0. The lowest BCUT2D eigenvalue weighted by Gasteiger charge is -2.27. The first-order chi connectivity index (χ1) is 10.3. The van der Waals surface area contributed by atoms with Crippen molar-refractivity contribution < 1.29 is 45.8 Å². The third kappa shape index (κ3) is 3.81. The van der Waals surface area contributed by atoms with Crippen LogP contribution in [0.2, 0.25) is 0 Å². The molecule has 0 aromatic heterocycles. The van der Waals surface area contributed by atoms with Crippen molar-refractivity contribution in [3.63, 3.8) is 0 Å². The van der Waals surface area contributed by atoms with Gasteiger partial charge in [-0.15, -0.1) is 0 Å². The molecule has 0 fully saturated rings. The Kier molecular flexibility index (Phi) is 5.10. The summed E-state index contributed by atoms with van der Waals surface area (Å²) in [6.07, 6.45) is -12.5. The van der Waals surface area contributed by atoms with Crippen molar-refractivity contribution in [1.82, 2.24) is 0 Å². The highest BCUT2D eigenvalue weighted by Crippen LogP contribution is 2.37. The van der Waals surface area contributed by atoms with E-state index >= 15 is 0 Å². The van der Waals surface area contributed by atoms with Gasteiger partial charge in [0.25, 0.3) is 5.60 Å². The number of ether oxygens (including phenoxy) is 1. The molecule has 128 valence electrons. The minimum atomic E-state index is -5.61. The maximum atomic E-state index is 12.8. The first-order valence-electron chi connectivity index (χ1n) is 5.91. The number of carbonyl (C=O) groups is 2. The van der Waals surface area contributed by atoms with Gasteiger partial charge >= 0.3 is 18.3 Å². The van der Waals surface area contributed by atoms with Crippen LogP contribution in [-0.4, -0.2) is 35.7 Å². The lowest BCUT2D eigenvalue weighted by molar-refractivity contribution is -0.260. The number of halogens is 6. The van der Waals surface area contributed by atoms with Crippen LogP contribution >= 0.6 is 0 Å². The lowest BCUT2D eigenvalue weighted by Crippen LogP contribution is -2.54. The number of methoxy groups -OCH3 is 1. The van der Waals surface area contributed by atoms with Crippen LogP contribution in [-0.2, 0) is 15.7 Å². The quantitative estimate of drug-likeness (QED) is 0.518. The molecule has 0 aliphatic carbocycles. The number of alkyl halides is 6. The van der Waals surface area contributed by atoms with E-state index in [0.29, 0.717) is 19.2 Å². The van der Waals surface area contributed by atoms with Crippen LogP contribution in [0.4, 0.5) is 26.3 Å². The van der Waals surface area contributed by atoms with Crippen LogP contribution in [0, 0.1) is 0 Å². The Morgan fingerprint density at radius 3 is 2.04 bits per heavy atom. The molecule has 0 amide bonds. The number of esters is 1. The Bertz CT molecular complexity index is 607. The van der Waals surface area contributed by atoms with E-state index in [2.05, 4.69) is 4.74 Å². The molecule has 1 atom stereocenters. The smallest absolute Gasteiger partial charge is 0.428 e. The first-order valence-corrected chi connectivity index (χ1v) is 5.91. The topological polar surface area (TPSA) is 63.6 Å². The number of ketones is 1. The lowest BCUT2D eigenvalue weighted by atomic mass is 9.91. The maximum Gasteiger partial charge on any atom is 0.428 e. The van der Waals surface area contributed by atoms with E-state index in [4.69, 9.17) is 0 Å². The average Bonchev–Trinajstić information content (AvgIpc) is 2.44. The maximum absolute atomic E-state index is 12.8. The van der Waals surface area contributed by atoms with Gasteiger partial charge in [-0.1, -0.05) is 18.2 Å². The summed E-state index contributed by atoms with van der Waals surface area (Å²) in [5.74, 6) is -3.90. The zero-order valence-corrected chi connectivity index (χ0v) is 11.5. The molecule has 0 aliphatic rings. The number of benzene rings is 1. The molecule has 10 heteroatoms. The summed E-state index contributed by atoms with van der Waals surface area (Å²) in [6, 6.07) is 3.10. The largest absolute Gasteiger partial charge is 0.467 e. The summed E-state index contributed by atoms with van der Waals surface area (Å²) in [4.78, 5) is 23.0. The Balaban J connectivity index is 3.29. The molecule has 0 unspecified atom stereocenters. The Morgan fingerprint density at radius 2 is 1.61 bits per heavy atom. The SMILES string of the molecule is COC(=O)[C@](O)(CC(=O)c1ccccc1C(F)(F)F)C(F)(F)F. The zero-order chi connectivity index (χ0) is 18.1. The van der Waals surface area contributed by atoms with Gasteiger partial charge in [0.2, 0.25) is 0 Å². The van der Waals surface area contributed by atoms with E-state index in [1.807, 2.05) is 0 Å². The van der Waals surface area contributed by atoms with Crippen molar-refractivity contribution in [3.05, 3.63) is 35.4 Å². The highest BCUT2D eigenvalue weighted by molar-refractivity contribution is 6.01. The summed E-state index contributed by atoms with van der Waals surface area (Å²) in [5.41, 5.74) is -6.80. The van der Waals surface area contributed by atoms with Gasteiger partial charge in [-0.3, -0.25) is 4.79 Å². The summed E-state index contributed by atoms with van der Waals surface area (Å²) in [7, 11) is 0.535. The predicted octanol–water partition coefficient (Wildman–Crippen LogP) is 2.74. The minimum absolute atomic E-state index is 0.498. The molecule has 0 bridgehead atoms. The van der Waals surface area contributed by atoms with Gasteiger partial charge in [0, 0.05) is 5.56 Å². The van der Waals surface area contributed by atoms with E-state index in [9.17, 15) is 41.0 Å². The van der Waals surface area contributed by atoms with Gasteiger partial charge in [-0.05, 0) is 6.07 Å². The summed E-state index contributed by atoms with van der Waals surface area (Å²) >= 11 is 0. The van der Waals surface area contributed by atoms with Crippen LogP contribution in [0.5, 0.6) is 0 Å². The van der Waals surface area contributed by atoms with E-state index in [1.54, 1.807) is 0 Å². The molecule has 0 radical (unpaired) electrons. The fourth-order valence-electron chi connectivity index (χ4n) is 1.76. The van der Waals surface area contributed by atoms with E-state index in [1.165, 1.54) is 0 Å². The monoisotopic (exact) mass is 344 g/mol. The fourth-order valence-corrected chi connectivity index (χ4v) is 1.76. The normalized spacial score (nSPS) is 15.0. The van der Waals surface area contributed by atoms with E-state index < -0.39 is 47.3 Å². The molecule has 23 heavy (non-hydrogen) atoms. The van der Waals surface area contributed by atoms with Crippen LogP contribution in [0.15, 0.2) is 24.3 Å². The third-order valence-electron chi connectivity index (χ3n) is 2.94. The molecule has 1 aromatic carbocycles. The molecular weight excluding hydrogens is 334 g/mol. The van der Waals surface area contributed by atoms with Gasteiger partial charge in [-0.25, -0.2) is 4.79 Å². The second-order valence-electron chi connectivity index (χ2n) is 4.49. The van der Waals surface area contributed by atoms with Crippen LogP contribution < -0.4 is 0 Å². The van der Waals surface area contributed by atoms with Gasteiger partial charge in [-0.2, -0.15) is 26.3 Å². The molecule has 4 nitrogen and oxygen atoms in total. The molecule has 0 heterocycles. The van der Waals surface area contributed by atoms with Gasteiger partial charge < -0.3 is 9.84 Å². The molecule has 1 rings (SSSR count). The highest BCUT2D eigenvalue weighted by Gasteiger charge is 2.61. The molecule has 1 aromatic rings. The van der Waals surface area contributed by atoms with Crippen molar-refractivity contribution in [2.24, 2.45) is 0 Å². The Labute approximate surface area is 125 Å². The minimum Gasteiger partial charge on any atom is -0.467 e. The molecule has 0 aliphatic heterocycles. The number of Topliss-reactive ketones (excluding diaryl/α,β-unsaturated/α-hetero) is 1. The van der Waals surface area contributed by atoms with Crippen molar-refractivity contribution in [1.29, 1.82) is 0 Å². The first kappa shape index (κ1) is 18.9. The molecular formula is C13H10F6O4. The Morgan fingerprint density at radius 1 is 1.09 bits per heavy atom. The number of carbonyl (C=O) groups excluding carboxylic acids is 2. The predicted molar refractivity (Wildman–Crippen MR) is 63.4 cm³/mol. The van der Waals surface area contributed by atoms with Crippen LogP contribution in [0.25, 0.3) is 0 Å². The van der Waals surface area contributed by atoms with Gasteiger partial charge in [0.05, 0.1) is 19.1 Å². The standard InChI is InChI=1S/C13H10F6O4/c1-23-10(21)11(22,13(17,18)19)6-9(20)7-4-2-3-5-8(7)12(14,15)16/h2-5,22H,6H2,1H3/t11-/m1/s1. The molecule has 0 spiro atoms. The van der Waals surface area contributed by atoms with Gasteiger partial charge in [0.15, 0.2) is 5.78 Å². The van der Waals surface area contributed by atoms with E-state index in [-0.39, 0.29) is 0 Å². The summed E-state index contributed by atoms with van der Waals surface area (Å²) in [5, 5.41) is 9.44. The number of hydrogen-bond donors (Lipinski definition) is 1. The highest BCUT2D eigenvalue weighted by atomic mass is 19.4. The number of aliphatic hydroxyl groups is 1. The van der Waals surface area contributed by atoms with E-state index in [0.717, 1.165) is 12.1 Å². The van der Waals surface area contributed by atoms with Crippen molar-refractivity contribution >= 4 is 11.8 Å².